The number of carbonyl (C=O) groups is 3. The van der Waals surface area contributed by atoms with Crippen molar-refractivity contribution in [2.45, 2.75) is 19.8 Å². The third-order valence-corrected chi connectivity index (χ3v) is 4.55. The predicted octanol–water partition coefficient (Wildman–Crippen LogP) is 2.94. The van der Waals surface area contributed by atoms with Gasteiger partial charge in [-0.1, -0.05) is 19.1 Å². The number of hydrogen-bond acceptors (Lipinski definition) is 3. The summed E-state index contributed by atoms with van der Waals surface area (Å²) in [4.78, 5) is 37.2. The Labute approximate surface area is 151 Å². The summed E-state index contributed by atoms with van der Waals surface area (Å²) in [5, 5.41) is 11.6. The zero-order chi connectivity index (χ0) is 18.7. The fourth-order valence-corrected chi connectivity index (χ4v) is 2.98. The molecule has 0 spiro atoms. The maximum Gasteiger partial charge on any atom is 0.335 e. The summed E-state index contributed by atoms with van der Waals surface area (Å²) in [6, 6.07) is 13.7. The fourth-order valence-electron chi connectivity index (χ4n) is 2.98. The Bertz CT molecular complexity index is 828. The molecule has 0 unspecified atom stereocenters. The highest BCUT2D eigenvalue weighted by Gasteiger charge is 2.35. The normalized spacial score (nSPS) is 16.6. The number of anilines is 2. The molecule has 2 amide bonds. The van der Waals surface area contributed by atoms with Gasteiger partial charge in [-0.15, -0.1) is 0 Å². The molecule has 1 saturated heterocycles. The minimum Gasteiger partial charge on any atom is -0.478 e. The van der Waals surface area contributed by atoms with E-state index in [-0.39, 0.29) is 23.8 Å². The van der Waals surface area contributed by atoms with Crippen LogP contribution < -0.4 is 10.2 Å². The zero-order valence-corrected chi connectivity index (χ0v) is 14.4. The Morgan fingerprint density at radius 1 is 1.12 bits per heavy atom. The Morgan fingerprint density at radius 3 is 2.35 bits per heavy atom. The van der Waals surface area contributed by atoms with Crippen LogP contribution in [0.5, 0.6) is 0 Å². The Kier molecular flexibility index (Phi) is 5.02. The van der Waals surface area contributed by atoms with Crippen molar-refractivity contribution < 1.29 is 19.5 Å². The van der Waals surface area contributed by atoms with Crippen LogP contribution in [0.25, 0.3) is 0 Å². The highest BCUT2D eigenvalue weighted by molar-refractivity contribution is 6.03. The van der Waals surface area contributed by atoms with Gasteiger partial charge < -0.3 is 15.3 Å². The number of carboxylic acid groups (broad SMARTS) is 1. The van der Waals surface area contributed by atoms with Gasteiger partial charge in [-0.25, -0.2) is 4.79 Å². The summed E-state index contributed by atoms with van der Waals surface area (Å²) in [5.41, 5.74) is 2.66. The van der Waals surface area contributed by atoms with Crippen LogP contribution in [0.3, 0.4) is 0 Å². The van der Waals surface area contributed by atoms with E-state index < -0.39 is 11.9 Å². The lowest BCUT2D eigenvalue weighted by Crippen LogP contribution is -2.28. The highest BCUT2D eigenvalue weighted by atomic mass is 16.4. The molecule has 1 aliphatic heterocycles. The molecule has 0 radical (unpaired) electrons. The van der Waals surface area contributed by atoms with Crippen LogP contribution in [0, 0.1) is 5.92 Å². The first-order valence-corrected chi connectivity index (χ1v) is 8.51. The summed E-state index contributed by atoms with van der Waals surface area (Å²) in [7, 11) is 0. The molecule has 0 aliphatic carbocycles. The number of carbonyl (C=O) groups excluding carboxylic acids is 2. The number of aryl methyl sites for hydroxylation is 1. The Morgan fingerprint density at radius 2 is 1.77 bits per heavy atom. The Hall–Kier alpha value is -3.15. The van der Waals surface area contributed by atoms with Crippen LogP contribution in [-0.2, 0) is 16.0 Å². The van der Waals surface area contributed by atoms with Crippen LogP contribution in [0.4, 0.5) is 11.4 Å². The summed E-state index contributed by atoms with van der Waals surface area (Å²) in [5.74, 6) is -1.77. The van der Waals surface area contributed by atoms with Gasteiger partial charge in [-0.3, -0.25) is 9.59 Å². The van der Waals surface area contributed by atoms with Gasteiger partial charge in [-0.05, 0) is 48.4 Å². The van der Waals surface area contributed by atoms with Crippen molar-refractivity contribution in [3.63, 3.8) is 0 Å². The first-order chi connectivity index (χ1) is 12.5. The van der Waals surface area contributed by atoms with Gasteiger partial charge in [0.05, 0.1) is 11.5 Å². The standard InChI is InChI=1S/C20H20N2O4/c1-2-13-3-9-17(10-4-13)22-12-15(11-18(22)23)19(24)21-16-7-5-14(6-8-16)20(25)26/h3-10,15H,2,11-12H2,1H3,(H,21,24)(H,25,26)/t15-/m0/s1. The second-order valence-corrected chi connectivity index (χ2v) is 6.30. The predicted molar refractivity (Wildman–Crippen MR) is 98.3 cm³/mol. The van der Waals surface area contributed by atoms with Gasteiger partial charge in [0.1, 0.15) is 0 Å². The van der Waals surface area contributed by atoms with E-state index in [1.807, 2.05) is 24.3 Å². The first-order valence-electron chi connectivity index (χ1n) is 8.51. The molecule has 26 heavy (non-hydrogen) atoms. The molecule has 2 aromatic carbocycles. The fraction of sp³-hybridized carbons (Fsp3) is 0.250. The molecule has 2 N–H and O–H groups in total. The molecule has 6 nitrogen and oxygen atoms in total. The van der Waals surface area contributed by atoms with Crippen molar-refractivity contribution in [2.24, 2.45) is 5.92 Å². The maximum atomic E-state index is 12.5. The maximum absolute atomic E-state index is 12.5. The first kappa shape index (κ1) is 17.7. The van der Waals surface area contributed by atoms with Crippen LogP contribution in [0.2, 0.25) is 0 Å². The second-order valence-electron chi connectivity index (χ2n) is 6.30. The molecule has 1 fully saturated rings. The van der Waals surface area contributed by atoms with Gasteiger partial charge >= 0.3 is 5.97 Å². The van der Waals surface area contributed by atoms with Crippen LogP contribution >= 0.6 is 0 Å². The molecule has 1 aliphatic rings. The monoisotopic (exact) mass is 352 g/mol. The van der Waals surface area contributed by atoms with Crippen molar-refractivity contribution in [2.75, 3.05) is 16.8 Å². The van der Waals surface area contributed by atoms with Gasteiger partial charge in [0.25, 0.3) is 0 Å². The zero-order valence-electron chi connectivity index (χ0n) is 14.4. The molecule has 2 aromatic rings. The van der Waals surface area contributed by atoms with E-state index in [1.54, 1.807) is 17.0 Å². The molecular formula is C20H20N2O4. The van der Waals surface area contributed by atoms with Crippen LogP contribution in [0.15, 0.2) is 48.5 Å². The number of amides is 2. The number of carboxylic acids is 1. The molecule has 0 bridgehead atoms. The van der Waals surface area contributed by atoms with Crippen LogP contribution in [-0.4, -0.2) is 29.4 Å². The summed E-state index contributed by atoms with van der Waals surface area (Å²) >= 11 is 0. The lowest BCUT2D eigenvalue weighted by atomic mass is 10.1. The van der Waals surface area contributed by atoms with Gasteiger partial charge in [-0.2, -0.15) is 0 Å². The molecule has 1 atom stereocenters. The van der Waals surface area contributed by atoms with Crippen molar-refractivity contribution in [3.05, 3.63) is 59.7 Å². The minimum absolute atomic E-state index is 0.0735. The van der Waals surface area contributed by atoms with E-state index in [4.69, 9.17) is 5.11 Å². The Balaban J connectivity index is 1.65. The van der Waals surface area contributed by atoms with Gasteiger partial charge in [0.2, 0.25) is 11.8 Å². The number of rotatable bonds is 5. The second kappa shape index (κ2) is 7.39. The van der Waals surface area contributed by atoms with Gasteiger partial charge in [0.15, 0.2) is 0 Å². The summed E-state index contributed by atoms with van der Waals surface area (Å²) in [6.45, 7) is 2.41. The van der Waals surface area contributed by atoms with Crippen molar-refractivity contribution >= 4 is 29.2 Å². The number of nitrogens with zero attached hydrogens (tertiary/aromatic N) is 1. The van der Waals surface area contributed by atoms with E-state index in [2.05, 4.69) is 12.2 Å². The van der Waals surface area contributed by atoms with E-state index >= 15 is 0 Å². The van der Waals surface area contributed by atoms with E-state index in [9.17, 15) is 14.4 Å². The topological polar surface area (TPSA) is 86.7 Å². The van der Waals surface area contributed by atoms with Gasteiger partial charge in [0, 0.05) is 24.3 Å². The highest BCUT2D eigenvalue weighted by Crippen LogP contribution is 2.26. The molecule has 3 rings (SSSR count). The lowest BCUT2D eigenvalue weighted by Gasteiger charge is -2.17. The van der Waals surface area contributed by atoms with Crippen molar-refractivity contribution in [1.29, 1.82) is 0 Å². The largest absolute Gasteiger partial charge is 0.478 e. The molecule has 6 heteroatoms. The summed E-state index contributed by atoms with van der Waals surface area (Å²) in [6.07, 6.45) is 1.09. The smallest absolute Gasteiger partial charge is 0.335 e. The third-order valence-electron chi connectivity index (χ3n) is 4.55. The number of hydrogen-bond donors (Lipinski definition) is 2. The average molecular weight is 352 g/mol. The van der Waals surface area contributed by atoms with E-state index in [1.165, 1.54) is 17.7 Å². The molecule has 134 valence electrons. The van der Waals surface area contributed by atoms with E-state index in [0.29, 0.717) is 12.2 Å². The number of benzene rings is 2. The third kappa shape index (κ3) is 3.74. The molecule has 0 aromatic heterocycles. The van der Waals surface area contributed by atoms with E-state index in [0.717, 1.165) is 12.1 Å². The molecule has 1 heterocycles. The van der Waals surface area contributed by atoms with Crippen LogP contribution in [0.1, 0.15) is 29.3 Å². The molecular weight excluding hydrogens is 332 g/mol. The quantitative estimate of drug-likeness (QED) is 0.866. The SMILES string of the molecule is CCc1ccc(N2C[C@@H](C(=O)Nc3ccc(C(=O)O)cc3)CC2=O)cc1. The lowest BCUT2D eigenvalue weighted by molar-refractivity contribution is -0.122. The number of nitrogens with one attached hydrogen (secondary N) is 1. The van der Waals surface area contributed by atoms with Crippen molar-refractivity contribution in [3.8, 4) is 0 Å². The molecule has 0 saturated carbocycles. The summed E-state index contributed by atoms with van der Waals surface area (Å²) < 4.78 is 0. The minimum atomic E-state index is -1.02. The average Bonchev–Trinajstić information content (AvgIpc) is 3.04. The number of aromatic carboxylic acids is 1. The van der Waals surface area contributed by atoms with Crippen molar-refractivity contribution in [1.82, 2.24) is 0 Å².